The zero-order valence-electron chi connectivity index (χ0n) is 21.7. The number of anilines is 3. The molecule has 1 aromatic carbocycles. The fraction of sp³-hybridized carbons (Fsp3) is 0.292. The standard InChI is InChI=1S/C24H22BF2N7O7S/c1-3-14-19(32(2)20-29-18(17(9-28)42-20)11-4-6-12(26)7-5-11)16-8-15(13(27)10-33(16)30-14)34-21(25,35)22(36,37)31-23(38,39)24(34,40)41/h4-8,10,31,35-41H,3H2,1-2H3. The number of rotatable bonds is 5. The molecule has 1 saturated heterocycles. The molecule has 0 spiro atoms. The van der Waals surface area contributed by atoms with Crippen LogP contribution in [0.4, 0.5) is 25.3 Å². The van der Waals surface area contributed by atoms with Gasteiger partial charge in [0, 0.05) is 12.6 Å². The van der Waals surface area contributed by atoms with Gasteiger partial charge in [-0.3, -0.25) is 4.90 Å². The number of nitrogens with one attached hydrogen (secondary N) is 1. The van der Waals surface area contributed by atoms with Crippen LogP contribution in [-0.4, -0.2) is 88.6 Å². The number of aliphatic hydroxyl groups is 7. The Labute approximate surface area is 240 Å². The van der Waals surface area contributed by atoms with Crippen molar-refractivity contribution in [2.45, 2.75) is 36.7 Å². The first-order valence-corrected chi connectivity index (χ1v) is 12.8. The molecule has 1 unspecified atom stereocenters. The Kier molecular flexibility index (Phi) is 6.82. The van der Waals surface area contributed by atoms with Gasteiger partial charge in [-0.2, -0.15) is 10.4 Å². The molecule has 1 atom stereocenters. The summed E-state index contributed by atoms with van der Waals surface area (Å²) in [6, 6.07) is 8.29. The van der Waals surface area contributed by atoms with Gasteiger partial charge in [0.15, 0.2) is 24.4 Å². The van der Waals surface area contributed by atoms with Crippen molar-refractivity contribution in [3.05, 3.63) is 58.7 Å². The van der Waals surface area contributed by atoms with Crippen molar-refractivity contribution < 1.29 is 44.5 Å². The minimum atomic E-state index is -4.05. The third-order valence-corrected chi connectivity index (χ3v) is 7.80. The summed E-state index contributed by atoms with van der Waals surface area (Å²) in [4.78, 5) is 5.90. The molecule has 5 rings (SSSR count). The molecule has 0 saturated carbocycles. The van der Waals surface area contributed by atoms with Crippen LogP contribution in [0.25, 0.3) is 16.8 Å². The Morgan fingerprint density at radius 1 is 1.10 bits per heavy atom. The molecule has 4 heterocycles. The second kappa shape index (κ2) is 9.63. The number of pyridine rings is 1. The fourth-order valence-corrected chi connectivity index (χ4v) is 5.47. The SMILES string of the molecule is [B]C1(O)N(c2cc3c(N(C)c4nc(-c5ccc(F)cc5)c(C#N)s4)c(CC)nn3cc2F)C(O)(O)C(O)(O)NC1(O)O. The molecule has 1 aliphatic heterocycles. The van der Waals surface area contributed by atoms with Gasteiger partial charge in [0.05, 0.1) is 28.8 Å². The van der Waals surface area contributed by atoms with E-state index in [9.17, 15) is 45.4 Å². The first kappa shape index (κ1) is 29.7. The topological polar surface area (TPSA) is 214 Å². The van der Waals surface area contributed by atoms with Crippen molar-refractivity contribution >= 4 is 41.2 Å². The lowest BCUT2D eigenvalue weighted by Gasteiger charge is -2.59. The third kappa shape index (κ3) is 4.30. The van der Waals surface area contributed by atoms with Gasteiger partial charge >= 0.3 is 11.8 Å². The predicted molar refractivity (Wildman–Crippen MR) is 143 cm³/mol. The lowest BCUT2D eigenvalue weighted by Crippen LogP contribution is -2.90. The van der Waals surface area contributed by atoms with Crippen LogP contribution in [0.2, 0.25) is 0 Å². The molecule has 18 heteroatoms. The summed E-state index contributed by atoms with van der Waals surface area (Å²) in [5.41, 5.74) is -3.29. The molecule has 2 radical (unpaired) electrons. The summed E-state index contributed by atoms with van der Waals surface area (Å²) >= 11 is 0.985. The summed E-state index contributed by atoms with van der Waals surface area (Å²) in [6.45, 7) is 1.74. The minimum absolute atomic E-state index is 0.0240. The summed E-state index contributed by atoms with van der Waals surface area (Å²) in [5, 5.41) is 87.9. The van der Waals surface area contributed by atoms with Gasteiger partial charge in [0.2, 0.25) is 0 Å². The molecule has 42 heavy (non-hydrogen) atoms. The maximum absolute atomic E-state index is 15.5. The highest BCUT2D eigenvalue weighted by Gasteiger charge is 2.70. The van der Waals surface area contributed by atoms with Gasteiger partial charge < -0.3 is 40.6 Å². The highest BCUT2D eigenvalue weighted by Crippen LogP contribution is 2.44. The number of nitriles is 1. The van der Waals surface area contributed by atoms with Gasteiger partial charge in [0.25, 0.3) is 5.91 Å². The zero-order chi connectivity index (χ0) is 31.0. The molecule has 0 aliphatic carbocycles. The molecule has 4 aromatic rings. The van der Waals surface area contributed by atoms with Crippen molar-refractivity contribution in [3.8, 4) is 17.3 Å². The lowest BCUT2D eigenvalue weighted by atomic mass is 9.81. The van der Waals surface area contributed by atoms with E-state index in [0.29, 0.717) is 11.3 Å². The van der Waals surface area contributed by atoms with E-state index in [0.717, 1.165) is 28.1 Å². The normalized spacial score (nSPS) is 21.0. The van der Waals surface area contributed by atoms with E-state index in [-0.39, 0.29) is 38.2 Å². The van der Waals surface area contributed by atoms with Crippen molar-refractivity contribution in [1.82, 2.24) is 19.9 Å². The van der Waals surface area contributed by atoms with E-state index in [1.807, 2.05) is 6.07 Å². The Balaban J connectivity index is 1.70. The van der Waals surface area contributed by atoms with E-state index in [1.165, 1.54) is 34.5 Å². The van der Waals surface area contributed by atoms with Crippen LogP contribution in [0.15, 0.2) is 36.5 Å². The van der Waals surface area contributed by atoms with Crippen molar-refractivity contribution in [2.75, 3.05) is 16.8 Å². The summed E-state index contributed by atoms with van der Waals surface area (Å²) in [5.74, 6) is -13.7. The van der Waals surface area contributed by atoms with Gasteiger partial charge in [0.1, 0.15) is 22.5 Å². The average Bonchev–Trinajstić information content (AvgIpc) is 3.48. The molecule has 3 aromatic heterocycles. The number of halogens is 2. The number of aryl methyl sites for hydroxylation is 1. The average molecular weight is 601 g/mol. The highest BCUT2D eigenvalue weighted by atomic mass is 32.1. The van der Waals surface area contributed by atoms with Crippen LogP contribution in [0.5, 0.6) is 0 Å². The monoisotopic (exact) mass is 601 g/mol. The maximum atomic E-state index is 15.5. The summed E-state index contributed by atoms with van der Waals surface area (Å²) in [6.07, 6.45) is 1.03. The lowest BCUT2D eigenvalue weighted by molar-refractivity contribution is -0.447. The number of hydrogen-bond acceptors (Lipinski definition) is 14. The molecule has 218 valence electrons. The second-order valence-electron chi connectivity index (χ2n) is 9.50. The number of thiazole rings is 1. The van der Waals surface area contributed by atoms with Crippen LogP contribution in [0.3, 0.4) is 0 Å². The Morgan fingerprint density at radius 3 is 2.33 bits per heavy atom. The summed E-state index contributed by atoms with van der Waals surface area (Å²) < 4.78 is 30.0. The Bertz CT molecular complexity index is 1710. The molecule has 8 N–H and O–H groups in total. The first-order chi connectivity index (χ1) is 19.5. The molecule has 1 aliphatic rings. The number of benzene rings is 1. The third-order valence-electron chi connectivity index (χ3n) is 6.76. The number of hydrogen-bond donors (Lipinski definition) is 8. The van der Waals surface area contributed by atoms with E-state index in [4.69, 9.17) is 7.85 Å². The van der Waals surface area contributed by atoms with Crippen molar-refractivity contribution in [3.63, 3.8) is 0 Å². The van der Waals surface area contributed by atoms with E-state index >= 15 is 4.39 Å². The molecule has 1 fully saturated rings. The maximum Gasteiger partial charge on any atom is 0.321 e. The zero-order valence-corrected chi connectivity index (χ0v) is 22.5. The smallest absolute Gasteiger partial charge is 0.321 e. The van der Waals surface area contributed by atoms with Gasteiger partial charge in [-0.05, 0) is 36.8 Å². The molecular formula is C24H22BF2N7O7S. The molecule has 14 nitrogen and oxygen atoms in total. The van der Waals surface area contributed by atoms with Crippen LogP contribution < -0.4 is 15.1 Å². The second-order valence-corrected chi connectivity index (χ2v) is 10.5. The Morgan fingerprint density at radius 2 is 1.74 bits per heavy atom. The van der Waals surface area contributed by atoms with Gasteiger partial charge in [-0.25, -0.2) is 23.6 Å². The minimum Gasteiger partial charge on any atom is -0.373 e. The molecule has 0 amide bonds. The van der Waals surface area contributed by atoms with Crippen LogP contribution in [0, 0.1) is 23.0 Å². The number of piperazine rings is 1. The van der Waals surface area contributed by atoms with E-state index in [2.05, 4.69) is 10.1 Å². The van der Waals surface area contributed by atoms with Crippen LogP contribution in [-0.2, 0) is 6.42 Å². The van der Waals surface area contributed by atoms with Gasteiger partial charge in [-0.15, -0.1) is 0 Å². The number of nitrogens with zero attached hydrogens (tertiary/aromatic N) is 6. The van der Waals surface area contributed by atoms with Gasteiger partial charge in [-0.1, -0.05) is 18.3 Å². The molecular weight excluding hydrogens is 579 g/mol. The molecule has 0 bridgehead atoms. The van der Waals surface area contributed by atoms with Crippen LogP contribution >= 0.6 is 11.3 Å². The summed E-state index contributed by atoms with van der Waals surface area (Å²) in [7, 11) is 7.13. The van der Waals surface area contributed by atoms with Crippen molar-refractivity contribution in [2.24, 2.45) is 0 Å². The fourth-order valence-electron chi connectivity index (χ4n) is 4.61. The first-order valence-electron chi connectivity index (χ1n) is 12.0. The number of fused-ring (bicyclic) bond motifs is 1. The predicted octanol–water partition coefficient (Wildman–Crippen LogP) is -0.923. The quantitative estimate of drug-likeness (QED) is 0.103. The van der Waals surface area contributed by atoms with E-state index < -0.39 is 40.7 Å². The highest BCUT2D eigenvalue weighted by molar-refractivity contribution is 7.16. The van der Waals surface area contributed by atoms with E-state index in [1.54, 1.807) is 14.0 Å². The van der Waals surface area contributed by atoms with Crippen LogP contribution in [0.1, 0.15) is 17.5 Å². The Hall–Kier alpha value is -3.77. The number of aromatic nitrogens is 3. The van der Waals surface area contributed by atoms with Crippen molar-refractivity contribution in [1.29, 1.82) is 5.26 Å². The largest absolute Gasteiger partial charge is 0.373 e.